The average Bonchev–Trinajstić information content (AvgIpc) is 2.47. The van der Waals surface area contributed by atoms with E-state index in [-0.39, 0.29) is 22.8 Å². The van der Waals surface area contributed by atoms with E-state index >= 15 is 0 Å². The molecule has 2 N–H and O–H groups in total. The maximum absolute atomic E-state index is 11.9. The van der Waals surface area contributed by atoms with Crippen molar-refractivity contribution in [1.29, 1.82) is 0 Å². The molecule has 0 aliphatic carbocycles. The van der Waals surface area contributed by atoms with Gasteiger partial charge in [0.2, 0.25) is 5.88 Å². The third-order valence-corrected chi connectivity index (χ3v) is 3.51. The number of aromatic nitrogens is 3. The molecule has 2 heterocycles. The molecule has 0 spiro atoms. The summed E-state index contributed by atoms with van der Waals surface area (Å²) in [6.45, 7) is 3.77. The summed E-state index contributed by atoms with van der Waals surface area (Å²) in [7, 11) is 0. The number of rotatable bonds is 2. The summed E-state index contributed by atoms with van der Waals surface area (Å²) < 4.78 is 0. The molecular weight excluding hydrogens is 266 g/mol. The first kappa shape index (κ1) is 13.3. The van der Waals surface area contributed by atoms with Gasteiger partial charge in [-0.3, -0.25) is 4.79 Å². The minimum absolute atomic E-state index is 0.233. The molecule has 0 aliphatic heterocycles. The van der Waals surface area contributed by atoms with E-state index in [2.05, 4.69) is 15.0 Å². The summed E-state index contributed by atoms with van der Waals surface area (Å²) in [5.41, 5.74) is 2.37. The van der Waals surface area contributed by atoms with Gasteiger partial charge < -0.3 is 10.1 Å². The van der Waals surface area contributed by atoms with E-state index in [0.717, 1.165) is 16.5 Å². The Balaban J connectivity index is 2.23. The molecule has 106 valence electrons. The summed E-state index contributed by atoms with van der Waals surface area (Å²) in [4.78, 5) is 23.2. The fourth-order valence-corrected chi connectivity index (χ4v) is 2.40. The van der Waals surface area contributed by atoms with E-state index in [1.165, 1.54) is 0 Å². The fraction of sp³-hybridized carbons (Fsp3) is 0.188. The molecule has 3 aromatic rings. The van der Waals surface area contributed by atoms with Crippen LogP contribution in [0.15, 0.2) is 35.1 Å². The zero-order valence-electron chi connectivity index (χ0n) is 11.8. The van der Waals surface area contributed by atoms with Gasteiger partial charge in [-0.15, -0.1) is 0 Å². The molecule has 0 saturated heterocycles. The zero-order valence-corrected chi connectivity index (χ0v) is 11.8. The van der Waals surface area contributed by atoms with E-state index in [1.54, 1.807) is 6.92 Å². The third kappa shape index (κ3) is 2.27. The molecule has 5 nitrogen and oxygen atoms in total. The van der Waals surface area contributed by atoms with E-state index in [1.807, 2.05) is 37.3 Å². The molecule has 0 amide bonds. The first-order valence-electron chi connectivity index (χ1n) is 6.79. The van der Waals surface area contributed by atoms with Gasteiger partial charge in [-0.2, -0.15) is 4.98 Å². The Morgan fingerprint density at radius 1 is 1.24 bits per heavy atom. The van der Waals surface area contributed by atoms with Gasteiger partial charge in [-0.25, -0.2) is 4.98 Å². The minimum Gasteiger partial charge on any atom is -0.493 e. The lowest BCUT2D eigenvalue weighted by molar-refractivity contribution is 0.444. The second-order valence-corrected chi connectivity index (χ2v) is 4.91. The lowest BCUT2D eigenvalue weighted by Crippen LogP contribution is -2.14. The van der Waals surface area contributed by atoms with E-state index in [4.69, 9.17) is 0 Å². The van der Waals surface area contributed by atoms with Crippen LogP contribution >= 0.6 is 0 Å². The Kier molecular flexibility index (Phi) is 3.17. The number of aryl methyl sites for hydroxylation is 1. The predicted molar refractivity (Wildman–Crippen MR) is 81.4 cm³/mol. The molecule has 1 aromatic carbocycles. The van der Waals surface area contributed by atoms with Crippen LogP contribution in [-0.2, 0) is 6.42 Å². The number of hydrogen-bond acceptors (Lipinski definition) is 4. The number of H-pyrrole nitrogens is 1. The highest BCUT2D eigenvalue weighted by Crippen LogP contribution is 2.23. The molecule has 0 unspecified atom stereocenters. The molecule has 0 aliphatic rings. The van der Waals surface area contributed by atoms with Crippen molar-refractivity contribution in [3.63, 3.8) is 0 Å². The largest absolute Gasteiger partial charge is 0.493 e. The molecule has 21 heavy (non-hydrogen) atoms. The van der Waals surface area contributed by atoms with Crippen molar-refractivity contribution >= 4 is 10.9 Å². The van der Waals surface area contributed by atoms with Crippen molar-refractivity contribution in [3.8, 4) is 17.4 Å². The van der Waals surface area contributed by atoms with Gasteiger partial charge in [0, 0.05) is 5.39 Å². The first-order chi connectivity index (χ1) is 10.1. The molecule has 0 fully saturated rings. The average molecular weight is 281 g/mol. The number of pyridine rings is 1. The van der Waals surface area contributed by atoms with Gasteiger partial charge in [-0.1, -0.05) is 25.1 Å². The van der Waals surface area contributed by atoms with Crippen molar-refractivity contribution in [3.05, 3.63) is 51.8 Å². The van der Waals surface area contributed by atoms with Crippen LogP contribution in [0.1, 0.15) is 18.1 Å². The quantitative estimate of drug-likeness (QED) is 0.756. The standard InChI is InChI=1S/C16H15N3O2/c1-3-10-15(20)18-14(19-16(10)21)13-8-9(2)11-6-4-5-7-12(11)17-13/h4-8H,3H2,1-2H3,(H2,18,19,20,21). The van der Waals surface area contributed by atoms with Gasteiger partial charge in [0.1, 0.15) is 5.69 Å². The van der Waals surface area contributed by atoms with Crippen molar-refractivity contribution in [2.45, 2.75) is 20.3 Å². The third-order valence-electron chi connectivity index (χ3n) is 3.51. The van der Waals surface area contributed by atoms with Crippen molar-refractivity contribution in [2.75, 3.05) is 0 Å². The van der Waals surface area contributed by atoms with Gasteiger partial charge in [-0.05, 0) is 31.0 Å². The van der Waals surface area contributed by atoms with Crippen molar-refractivity contribution < 1.29 is 5.11 Å². The lowest BCUT2D eigenvalue weighted by atomic mass is 10.1. The molecule has 2 aromatic heterocycles. The van der Waals surface area contributed by atoms with Crippen LogP contribution in [0, 0.1) is 6.92 Å². The van der Waals surface area contributed by atoms with Crippen LogP contribution in [0.5, 0.6) is 5.88 Å². The van der Waals surface area contributed by atoms with Crippen LogP contribution in [0.25, 0.3) is 22.4 Å². The Morgan fingerprint density at radius 2 is 2.00 bits per heavy atom. The van der Waals surface area contributed by atoms with Crippen LogP contribution in [0.4, 0.5) is 0 Å². The molecule has 0 saturated carbocycles. The lowest BCUT2D eigenvalue weighted by Gasteiger charge is -2.07. The van der Waals surface area contributed by atoms with Crippen LogP contribution < -0.4 is 5.56 Å². The highest BCUT2D eigenvalue weighted by Gasteiger charge is 2.12. The monoisotopic (exact) mass is 281 g/mol. The summed E-state index contributed by atoms with van der Waals surface area (Å²) in [6, 6.07) is 9.62. The Hall–Kier alpha value is -2.69. The normalized spacial score (nSPS) is 11.0. The first-order valence-corrected chi connectivity index (χ1v) is 6.79. The number of hydrogen-bond donors (Lipinski definition) is 2. The van der Waals surface area contributed by atoms with E-state index in [9.17, 15) is 9.90 Å². The van der Waals surface area contributed by atoms with Crippen LogP contribution in [0.2, 0.25) is 0 Å². The predicted octanol–water partition coefficient (Wildman–Crippen LogP) is 2.56. The second kappa shape index (κ2) is 5.01. The number of aromatic hydroxyl groups is 1. The van der Waals surface area contributed by atoms with Crippen molar-refractivity contribution in [1.82, 2.24) is 15.0 Å². The topological polar surface area (TPSA) is 78.9 Å². The van der Waals surface area contributed by atoms with Gasteiger partial charge in [0.15, 0.2) is 5.82 Å². The highest BCUT2D eigenvalue weighted by molar-refractivity contribution is 5.84. The second-order valence-electron chi connectivity index (χ2n) is 4.91. The van der Waals surface area contributed by atoms with Crippen LogP contribution in [-0.4, -0.2) is 20.1 Å². The SMILES string of the molecule is CCc1c(O)nc(-c2cc(C)c3ccccc3n2)[nH]c1=O. The Bertz CT molecular complexity index is 884. The van der Waals surface area contributed by atoms with Gasteiger partial charge in [0.05, 0.1) is 11.1 Å². The maximum atomic E-state index is 11.9. The molecule has 0 bridgehead atoms. The van der Waals surface area contributed by atoms with Crippen LogP contribution in [0.3, 0.4) is 0 Å². The smallest absolute Gasteiger partial charge is 0.258 e. The van der Waals surface area contributed by atoms with Gasteiger partial charge >= 0.3 is 0 Å². The van der Waals surface area contributed by atoms with Gasteiger partial charge in [0.25, 0.3) is 5.56 Å². The fourth-order valence-electron chi connectivity index (χ4n) is 2.40. The number of nitrogens with one attached hydrogen (secondary N) is 1. The summed E-state index contributed by atoms with van der Waals surface area (Å²) >= 11 is 0. The molecule has 3 rings (SSSR count). The molecular formula is C16H15N3O2. The summed E-state index contributed by atoms with van der Waals surface area (Å²) in [5.74, 6) is 0.0485. The molecule has 0 radical (unpaired) electrons. The molecule has 0 atom stereocenters. The van der Waals surface area contributed by atoms with Crippen molar-refractivity contribution in [2.24, 2.45) is 0 Å². The number of fused-ring (bicyclic) bond motifs is 1. The maximum Gasteiger partial charge on any atom is 0.258 e. The Labute approximate surface area is 121 Å². The zero-order chi connectivity index (χ0) is 15.0. The van der Waals surface area contributed by atoms with E-state index < -0.39 is 0 Å². The number of para-hydroxylation sites is 1. The number of nitrogens with zero attached hydrogens (tertiary/aromatic N) is 2. The highest BCUT2D eigenvalue weighted by atomic mass is 16.3. The van der Waals surface area contributed by atoms with E-state index in [0.29, 0.717) is 12.1 Å². The minimum atomic E-state index is -0.326. The number of aromatic amines is 1. The molecule has 5 heteroatoms. The summed E-state index contributed by atoms with van der Waals surface area (Å²) in [5, 5.41) is 10.9. The summed E-state index contributed by atoms with van der Waals surface area (Å²) in [6.07, 6.45) is 0.429. The number of benzene rings is 1. The Morgan fingerprint density at radius 3 is 2.71 bits per heavy atom.